The minimum absolute atomic E-state index is 0.156. The predicted octanol–water partition coefficient (Wildman–Crippen LogP) is 2.14. The molecule has 4 nitrogen and oxygen atoms in total. The molecule has 0 bridgehead atoms. The van der Waals surface area contributed by atoms with Crippen molar-refractivity contribution in [3.8, 4) is 0 Å². The molecule has 2 N–H and O–H groups in total. The largest absolute Gasteiger partial charge is 0.369 e. The predicted molar refractivity (Wildman–Crippen MR) is 66.4 cm³/mol. The van der Waals surface area contributed by atoms with E-state index in [2.05, 4.69) is 15.3 Å². The van der Waals surface area contributed by atoms with Crippen LogP contribution >= 0.6 is 22.9 Å². The minimum atomic E-state index is -0.156. The summed E-state index contributed by atoms with van der Waals surface area (Å²) in [6.45, 7) is 0.729. The summed E-state index contributed by atoms with van der Waals surface area (Å²) in [6.07, 6.45) is 2.25. The number of nitrogens with zero attached hydrogens (tertiary/aromatic N) is 1. The molecule has 2 rings (SSSR count). The second-order valence-electron chi connectivity index (χ2n) is 3.18. The number of aromatic nitrogens is 2. The first-order chi connectivity index (χ1) is 7.74. The number of H-pyrrole nitrogens is 1. The van der Waals surface area contributed by atoms with Gasteiger partial charge in [-0.2, -0.15) is 0 Å². The van der Waals surface area contributed by atoms with Crippen LogP contribution in [0.1, 0.15) is 4.88 Å². The summed E-state index contributed by atoms with van der Waals surface area (Å²) in [5.74, 6) is 0.589. The van der Waals surface area contributed by atoms with Crippen LogP contribution in [0.15, 0.2) is 29.3 Å². The van der Waals surface area contributed by atoms with Crippen molar-refractivity contribution in [1.82, 2.24) is 9.97 Å². The molecule has 0 spiro atoms. The molecule has 0 amide bonds. The molecular weight excluding hydrogens is 246 g/mol. The fraction of sp³-hybridized carbons (Fsp3) is 0.200. The van der Waals surface area contributed by atoms with E-state index in [1.165, 1.54) is 17.3 Å². The molecule has 2 heterocycles. The highest BCUT2D eigenvalue weighted by Crippen LogP contribution is 2.21. The molecule has 2 aromatic rings. The van der Waals surface area contributed by atoms with Gasteiger partial charge in [-0.1, -0.05) is 11.6 Å². The molecule has 0 atom stereocenters. The van der Waals surface area contributed by atoms with Gasteiger partial charge >= 0.3 is 0 Å². The van der Waals surface area contributed by atoms with Crippen molar-refractivity contribution in [2.45, 2.75) is 6.42 Å². The van der Waals surface area contributed by atoms with Gasteiger partial charge in [0.05, 0.1) is 10.7 Å². The zero-order valence-corrected chi connectivity index (χ0v) is 9.94. The standard InChI is InChI=1S/C10H10ClN3OS/c11-8-2-1-7(16-8)3-4-12-9-5-10(15)14-6-13-9/h1-2,5-6H,3-4H2,(H2,12,13,14,15). The summed E-state index contributed by atoms with van der Waals surface area (Å²) >= 11 is 7.38. The molecule has 0 saturated carbocycles. The van der Waals surface area contributed by atoms with Gasteiger partial charge in [0, 0.05) is 17.5 Å². The fourth-order valence-corrected chi connectivity index (χ4v) is 2.35. The third-order valence-electron chi connectivity index (χ3n) is 1.98. The molecule has 2 aromatic heterocycles. The topological polar surface area (TPSA) is 57.8 Å². The van der Waals surface area contributed by atoms with Crippen LogP contribution < -0.4 is 10.9 Å². The number of halogens is 1. The smallest absolute Gasteiger partial charge is 0.252 e. The van der Waals surface area contributed by atoms with Gasteiger partial charge in [-0.25, -0.2) is 4.98 Å². The number of anilines is 1. The Hall–Kier alpha value is -1.33. The van der Waals surface area contributed by atoms with Crippen LogP contribution in [-0.2, 0) is 6.42 Å². The highest BCUT2D eigenvalue weighted by molar-refractivity contribution is 7.16. The van der Waals surface area contributed by atoms with Gasteiger partial charge in [0.25, 0.3) is 5.56 Å². The van der Waals surface area contributed by atoms with Gasteiger partial charge in [-0.3, -0.25) is 4.79 Å². The van der Waals surface area contributed by atoms with Crippen LogP contribution in [-0.4, -0.2) is 16.5 Å². The summed E-state index contributed by atoms with van der Waals surface area (Å²) < 4.78 is 0.796. The number of hydrogen-bond donors (Lipinski definition) is 2. The Balaban J connectivity index is 1.86. The number of aromatic amines is 1. The molecular formula is C10H10ClN3OS. The summed E-state index contributed by atoms with van der Waals surface area (Å²) in [5, 5.41) is 3.08. The van der Waals surface area contributed by atoms with Crippen molar-refractivity contribution in [3.05, 3.63) is 44.1 Å². The lowest BCUT2D eigenvalue weighted by molar-refractivity contribution is 1.01. The lowest BCUT2D eigenvalue weighted by atomic mass is 10.3. The van der Waals surface area contributed by atoms with Gasteiger partial charge in [0.2, 0.25) is 0 Å². The zero-order valence-electron chi connectivity index (χ0n) is 8.37. The normalized spacial score (nSPS) is 10.3. The average Bonchev–Trinajstić information content (AvgIpc) is 2.64. The minimum Gasteiger partial charge on any atom is -0.369 e. The third-order valence-corrected chi connectivity index (χ3v) is 3.28. The van der Waals surface area contributed by atoms with Gasteiger partial charge < -0.3 is 10.3 Å². The summed E-state index contributed by atoms with van der Waals surface area (Å²) in [6, 6.07) is 5.31. The van der Waals surface area contributed by atoms with Crippen molar-refractivity contribution < 1.29 is 0 Å². The Morgan fingerprint density at radius 1 is 1.50 bits per heavy atom. The van der Waals surface area contributed by atoms with Crippen LogP contribution in [0.4, 0.5) is 5.82 Å². The van der Waals surface area contributed by atoms with Gasteiger partial charge in [-0.15, -0.1) is 11.3 Å². The van der Waals surface area contributed by atoms with E-state index in [1.54, 1.807) is 11.3 Å². The first kappa shape index (κ1) is 11.2. The Morgan fingerprint density at radius 2 is 2.38 bits per heavy atom. The Bertz CT molecular complexity index is 523. The maximum absolute atomic E-state index is 11.0. The van der Waals surface area contributed by atoms with E-state index in [9.17, 15) is 4.79 Å². The van der Waals surface area contributed by atoms with Gasteiger partial charge in [0.1, 0.15) is 5.82 Å². The van der Waals surface area contributed by atoms with E-state index in [0.29, 0.717) is 5.82 Å². The van der Waals surface area contributed by atoms with E-state index in [0.717, 1.165) is 17.3 Å². The Morgan fingerprint density at radius 3 is 3.06 bits per heavy atom. The monoisotopic (exact) mass is 255 g/mol. The number of nitrogens with one attached hydrogen (secondary N) is 2. The number of rotatable bonds is 4. The molecule has 6 heteroatoms. The van der Waals surface area contributed by atoms with E-state index in [1.807, 2.05) is 12.1 Å². The summed E-state index contributed by atoms with van der Waals surface area (Å²) in [5.41, 5.74) is -0.156. The fourth-order valence-electron chi connectivity index (χ4n) is 1.27. The maximum atomic E-state index is 11.0. The van der Waals surface area contributed by atoms with Crippen LogP contribution in [0.3, 0.4) is 0 Å². The zero-order chi connectivity index (χ0) is 11.4. The quantitative estimate of drug-likeness (QED) is 0.880. The summed E-state index contributed by atoms with van der Waals surface area (Å²) in [7, 11) is 0. The van der Waals surface area contributed by atoms with E-state index in [4.69, 9.17) is 11.6 Å². The van der Waals surface area contributed by atoms with Crippen molar-refractivity contribution in [3.63, 3.8) is 0 Å². The van der Waals surface area contributed by atoms with E-state index < -0.39 is 0 Å². The second kappa shape index (κ2) is 5.14. The van der Waals surface area contributed by atoms with Crippen molar-refractivity contribution in [2.24, 2.45) is 0 Å². The van der Waals surface area contributed by atoms with Crippen LogP contribution in [0.2, 0.25) is 4.34 Å². The average molecular weight is 256 g/mol. The highest BCUT2D eigenvalue weighted by Gasteiger charge is 1.98. The molecule has 0 fully saturated rings. The molecule has 0 aliphatic rings. The SMILES string of the molecule is O=c1cc(NCCc2ccc(Cl)s2)nc[nH]1. The van der Waals surface area contributed by atoms with Crippen LogP contribution in [0.5, 0.6) is 0 Å². The summed E-state index contributed by atoms with van der Waals surface area (Å²) in [4.78, 5) is 18.6. The maximum Gasteiger partial charge on any atom is 0.252 e. The van der Waals surface area contributed by atoms with Crippen molar-refractivity contribution >= 4 is 28.8 Å². The van der Waals surface area contributed by atoms with E-state index >= 15 is 0 Å². The van der Waals surface area contributed by atoms with Crippen LogP contribution in [0.25, 0.3) is 0 Å². The molecule has 84 valence electrons. The molecule has 0 aliphatic heterocycles. The Kier molecular flexibility index (Phi) is 3.58. The van der Waals surface area contributed by atoms with Crippen molar-refractivity contribution in [1.29, 1.82) is 0 Å². The van der Waals surface area contributed by atoms with Gasteiger partial charge in [0.15, 0.2) is 0 Å². The van der Waals surface area contributed by atoms with Crippen molar-refractivity contribution in [2.75, 3.05) is 11.9 Å². The highest BCUT2D eigenvalue weighted by atomic mass is 35.5. The first-order valence-electron chi connectivity index (χ1n) is 4.77. The van der Waals surface area contributed by atoms with Crippen LogP contribution in [0, 0.1) is 0 Å². The second-order valence-corrected chi connectivity index (χ2v) is 4.98. The van der Waals surface area contributed by atoms with Gasteiger partial charge in [-0.05, 0) is 18.6 Å². The lowest BCUT2D eigenvalue weighted by Crippen LogP contribution is -2.10. The molecule has 0 aromatic carbocycles. The molecule has 0 radical (unpaired) electrons. The Labute approximate surface area is 101 Å². The number of thiophene rings is 1. The lowest BCUT2D eigenvalue weighted by Gasteiger charge is -2.02. The molecule has 0 unspecified atom stereocenters. The third kappa shape index (κ3) is 3.08. The molecule has 0 saturated heterocycles. The number of hydrogen-bond acceptors (Lipinski definition) is 4. The molecule has 0 aliphatic carbocycles. The van der Waals surface area contributed by atoms with E-state index in [-0.39, 0.29) is 5.56 Å². The molecule has 16 heavy (non-hydrogen) atoms. The first-order valence-corrected chi connectivity index (χ1v) is 5.96.